The molecule has 0 saturated carbocycles. The van der Waals surface area contributed by atoms with Gasteiger partial charge in [0.25, 0.3) is 0 Å². The smallest absolute Gasteiger partial charge is 0.0477 e. The van der Waals surface area contributed by atoms with Crippen molar-refractivity contribution >= 4 is 6.08 Å². The molecule has 0 unspecified atom stereocenters. The van der Waals surface area contributed by atoms with E-state index in [4.69, 9.17) is 4.74 Å². The van der Waals surface area contributed by atoms with Crippen LogP contribution in [0, 0.1) is 0 Å². The van der Waals surface area contributed by atoms with Gasteiger partial charge >= 0.3 is 0 Å². The van der Waals surface area contributed by atoms with Gasteiger partial charge in [-0.25, -0.2) is 0 Å². The molecule has 1 aromatic rings. The first-order chi connectivity index (χ1) is 6.91. The van der Waals surface area contributed by atoms with Crippen LogP contribution in [-0.2, 0) is 10.2 Å². The van der Waals surface area contributed by atoms with E-state index in [9.17, 15) is 0 Å². The van der Waals surface area contributed by atoms with Crippen molar-refractivity contribution in [3.8, 4) is 0 Å². The molecule has 1 spiro atoms. The van der Waals surface area contributed by atoms with Crippen molar-refractivity contribution < 1.29 is 4.74 Å². The second kappa shape index (κ2) is 2.96. The molecule has 0 bridgehead atoms. The van der Waals surface area contributed by atoms with Gasteiger partial charge in [-0.15, -0.1) is 0 Å². The second-order valence-electron chi connectivity index (χ2n) is 4.19. The van der Waals surface area contributed by atoms with Crippen LogP contribution in [0.4, 0.5) is 0 Å². The average molecular weight is 186 g/mol. The van der Waals surface area contributed by atoms with E-state index < -0.39 is 0 Å². The Bertz CT molecular complexity index is 373. The zero-order valence-corrected chi connectivity index (χ0v) is 8.20. The molecule has 0 N–H and O–H groups in total. The molecule has 2 aliphatic rings. The van der Waals surface area contributed by atoms with Crippen LogP contribution in [-0.4, -0.2) is 13.2 Å². The molecule has 1 aromatic carbocycles. The predicted octanol–water partition coefficient (Wildman–Crippen LogP) is 2.76. The predicted molar refractivity (Wildman–Crippen MR) is 57.2 cm³/mol. The van der Waals surface area contributed by atoms with E-state index in [1.54, 1.807) is 0 Å². The zero-order chi connectivity index (χ0) is 9.43. The van der Waals surface area contributed by atoms with Crippen molar-refractivity contribution in [2.45, 2.75) is 18.3 Å². The van der Waals surface area contributed by atoms with Gasteiger partial charge in [0.05, 0.1) is 0 Å². The summed E-state index contributed by atoms with van der Waals surface area (Å²) in [5.74, 6) is 0. The third-order valence-corrected chi connectivity index (χ3v) is 3.46. The van der Waals surface area contributed by atoms with Crippen molar-refractivity contribution in [2.75, 3.05) is 13.2 Å². The quantitative estimate of drug-likeness (QED) is 0.605. The van der Waals surface area contributed by atoms with Crippen molar-refractivity contribution in [3.05, 3.63) is 41.5 Å². The van der Waals surface area contributed by atoms with Gasteiger partial charge in [-0.3, -0.25) is 0 Å². The number of hydrogen-bond acceptors (Lipinski definition) is 1. The molecule has 1 aliphatic heterocycles. The number of rotatable bonds is 0. The van der Waals surface area contributed by atoms with Gasteiger partial charge in [-0.2, -0.15) is 0 Å². The first-order valence-corrected chi connectivity index (χ1v) is 5.27. The summed E-state index contributed by atoms with van der Waals surface area (Å²) in [4.78, 5) is 0. The topological polar surface area (TPSA) is 9.23 Å². The Morgan fingerprint density at radius 2 is 1.86 bits per heavy atom. The lowest BCUT2D eigenvalue weighted by Gasteiger charge is -2.33. The van der Waals surface area contributed by atoms with E-state index >= 15 is 0 Å². The summed E-state index contributed by atoms with van der Waals surface area (Å²) in [5.41, 5.74) is 3.20. The zero-order valence-electron chi connectivity index (χ0n) is 8.20. The van der Waals surface area contributed by atoms with Crippen LogP contribution in [0.1, 0.15) is 24.0 Å². The van der Waals surface area contributed by atoms with Crippen LogP contribution in [0.15, 0.2) is 30.3 Å². The Hall–Kier alpha value is -1.08. The third-order valence-electron chi connectivity index (χ3n) is 3.46. The summed E-state index contributed by atoms with van der Waals surface area (Å²) in [7, 11) is 0. The van der Waals surface area contributed by atoms with Crippen LogP contribution < -0.4 is 0 Å². The van der Waals surface area contributed by atoms with Gasteiger partial charge in [0.15, 0.2) is 0 Å². The maximum absolute atomic E-state index is 5.44. The largest absolute Gasteiger partial charge is 0.381 e. The van der Waals surface area contributed by atoms with Crippen molar-refractivity contribution in [3.63, 3.8) is 0 Å². The first kappa shape index (κ1) is 8.25. The van der Waals surface area contributed by atoms with Gasteiger partial charge in [-0.05, 0) is 24.0 Å². The van der Waals surface area contributed by atoms with E-state index in [1.807, 2.05) is 0 Å². The van der Waals surface area contributed by atoms with Crippen LogP contribution in [0.25, 0.3) is 6.08 Å². The summed E-state index contributed by atoms with van der Waals surface area (Å²) in [6, 6.07) is 8.72. The number of fused-ring (bicyclic) bond motifs is 2. The fourth-order valence-corrected chi connectivity index (χ4v) is 2.61. The van der Waals surface area contributed by atoms with E-state index in [0.29, 0.717) is 5.41 Å². The average Bonchev–Trinajstić information content (AvgIpc) is 2.60. The number of hydrogen-bond donors (Lipinski definition) is 0. The maximum Gasteiger partial charge on any atom is 0.0477 e. The van der Waals surface area contributed by atoms with Crippen LogP contribution in [0.3, 0.4) is 0 Å². The number of benzene rings is 1. The molecule has 1 nitrogen and oxygen atoms in total. The molecule has 1 heterocycles. The van der Waals surface area contributed by atoms with Gasteiger partial charge in [0.1, 0.15) is 0 Å². The molecular weight excluding hydrogens is 172 g/mol. The number of allylic oxidation sites excluding steroid dienone is 1. The molecular formula is C13H14O. The standard InChI is InChI=1S/C13H14O/c1-2-4-12-11(3-1)5-6-13(12)7-9-14-10-8-13/h1-6H,7-10H2. The summed E-state index contributed by atoms with van der Waals surface area (Å²) in [5, 5.41) is 0. The lowest BCUT2D eigenvalue weighted by atomic mass is 9.76. The minimum absolute atomic E-state index is 0.300. The summed E-state index contributed by atoms with van der Waals surface area (Å²) in [6.07, 6.45) is 6.92. The second-order valence-corrected chi connectivity index (χ2v) is 4.19. The molecule has 0 amide bonds. The van der Waals surface area contributed by atoms with Gasteiger partial charge in [-0.1, -0.05) is 36.4 Å². The highest BCUT2D eigenvalue weighted by molar-refractivity contribution is 5.65. The summed E-state index contributed by atoms with van der Waals surface area (Å²) >= 11 is 0. The molecule has 1 heteroatoms. The Morgan fingerprint density at radius 1 is 1.07 bits per heavy atom. The van der Waals surface area contributed by atoms with E-state index in [0.717, 1.165) is 26.1 Å². The van der Waals surface area contributed by atoms with E-state index in [1.165, 1.54) is 11.1 Å². The minimum Gasteiger partial charge on any atom is -0.381 e. The maximum atomic E-state index is 5.44. The Labute approximate surface area is 84.4 Å². The molecule has 1 saturated heterocycles. The lowest BCUT2D eigenvalue weighted by molar-refractivity contribution is 0.0663. The molecule has 1 fully saturated rings. The Balaban J connectivity index is 2.07. The van der Waals surface area contributed by atoms with E-state index in [2.05, 4.69) is 36.4 Å². The summed E-state index contributed by atoms with van der Waals surface area (Å²) < 4.78 is 5.44. The molecule has 3 rings (SSSR count). The highest BCUT2D eigenvalue weighted by Gasteiger charge is 2.35. The third kappa shape index (κ3) is 1.05. The number of ether oxygens (including phenoxy) is 1. The molecule has 14 heavy (non-hydrogen) atoms. The fraction of sp³-hybridized carbons (Fsp3) is 0.385. The Kier molecular flexibility index (Phi) is 1.74. The van der Waals surface area contributed by atoms with Crippen LogP contribution in [0.2, 0.25) is 0 Å². The normalized spacial score (nSPS) is 22.6. The van der Waals surface area contributed by atoms with Gasteiger partial charge in [0.2, 0.25) is 0 Å². The molecule has 1 aliphatic carbocycles. The fourth-order valence-electron chi connectivity index (χ4n) is 2.61. The van der Waals surface area contributed by atoms with Gasteiger partial charge in [0, 0.05) is 18.6 Å². The highest BCUT2D eigenvalue weighted by Crippen LogP contribution is 2.42. The lowest BCUT2D eigenvalue weighted by Crippen LogP contribution is -2.30. The molecule has 72 valence electrons. The van der Waals surface area contributed by atoms with Crippen molar-refractivity contribution in [2.24, 2.45) is 0 Å². The van der Waals surface area contributed by atoms with Crippen LogP contribution in [0.5, 0.6) is 0 Å². The summed E-state index contributed by atoms with van der Waals surface area (Å²) in [6.45, 7) is 1.80. The van der Waals surface area contributed by atoms with Crippen molar-refractivity contribution in [1.82, 2.24) is 0 Å². The monoisotopic (exact) mass is 186 g/mol. The minimum atomic E-state index is 0.300. The molecule has 0 aromatic heterocycles. The molecule has 0 atom stereocenters. The van der Waals surface area contributed by atoms with Crippen molar-refractivity contribution in [1.29, 1.82) is 0 Å². The Morgan fingerprint density at radius 3 is 2.71 bits per heavy atom. The van der Waals surface area contributed by atoms with Gasteiger partial charge < -0.3 is 4.74 Å². The SMILES string of the molecule is C1=CC2(CCOCC2)c2ccccc21. The first-order valence-electron chi connectivity index (χ1n) is 5.27. The highest BCUT2D eigenvalue weighted by atomic mass is 16.5. The van der Waals surface area contributed by atoms with E-state index in [-0.39, 0.29) is 0 Å². The van der Waals surface area contributed by atoms with Crippen LogP contribution >= 0.6 is 0 Å². The molecule has 0 radical (unpaired) electrons.